The molecule has 2 atom stereocenters. The molecule has 2 N–H and O–H groups in total. The largest absolute Gasteiger partial charge is 0.454 e. The molecule has 0 spiro atoms. The van der Waals surface area contributed by atoms with Gasteiger partial charge < -0.3 is 20.1 Å². The number of hydrogen-bond donors (Lipinski definition) is 1. The topological polar surface area (TPSA) is 77.7 Å². The van der Waals surface area contributed by atoms with Crippen LogP contribution in [0.2, 0.25) is 0 Å². The summed E-state index contributed by atoms with van der Waals surface area (Å²) in [5.41, 5.74) is 6.95. The third-order valence-electron chi connectivity index (χ3n) is 4.82. The van der Waals surface area contributed by atoms with Crippen molar-refractivity contribution >= 4 is 17.2 Å². The van der Waals surface area contributed by atoms with Crippen molar-refractivity contribution in [1.82, 2.24) is 9.88 Å². The molecule has 0 saturated carbocycles. The SMILES string of the molecule is CC(N)C1CCCN(C(=O)c2cnc(-c3ccc4c(c3)OCO4)s2)C1. The van der Waals surface area contributed by atoms with Crippen LogP contribution < -0.4 is 15.2 Å². The second kappa shape index (κ2) is 6.65. The normalized spacial score (nSPS) is 20.6. The van der Waals surface area contributed by atoms with Gasteiger partial charge in [-0.2, -0.15) is 0 Å². The summed E-state index contributed by atoms with van der Waals surface area (Å²) in [6.45, 7) is 3.78. The first kappa shape index (κ1) is 16.4. The Morgan fingerprint density at radius 1 is 1.40 bits per heavy atom. The number of nitrogens with zero attached hydrogens (tertiary/aromatic N) is 2. The van der Waals surface area contributed by atoms with E-state index in [1.54, 1.807) is 6.20 Å². The highest BCUT2D eigenvalue weighted by Gasteiger charge is 2.27. The number of aromatic nitrogens is 1. The van der Waals surface area contributed by atoms with Gasteiger partial charge in [-0.05, 0) is 43.9 Å². The number of nitrogens with two attached hydrogens (primary N) is 1. The average Bonchev–Trinajstić information content (AvgIpc) is 3.29. The highest BCUT2D eigenvalue weighted by atomic mass is 32.1. The second-order valence-electron chi connectivity index (χ2n) is 6.61. The fourth-order valence-electron chi connectivity index (χ4n) is 3.32. The van der Waals surface area contributed by atoms with Crippen molar-refractivity contribution in [3.8, 4) is 22.1 Å². The number of carbonyl (C=O) groups is 1. The molecular formula is C18H21N3O3S. The predicted molar refractivity (Wildman–Crippen MR) is 95.9 cm³/mol. The molecule has 1 saturated heterocycles. The van der Waals surface area contributed by atoms with E-state index in [-0.39, 0.29) is 18.7 Å². The van der Waals surface area contributed by atoms with Gasteiger partial charge in [0.1, 0.15) is 9.88 Å². The van der Waals surface area contributed by atoms with Crippen molar-refractivity contribution in [2.75, 3.05) is 19.9 Å². The van der Waals surface area contributed by atoms with Crippen LogP contribution in [0.1, 0.15) is 29.4 Å². The van der Waals surface area contributed by atoms with Crippen molar-refractivity contribution < 1.29 is 14.3 Å². The molecule has 0 bridgehead atoms. The number of hydrogen-bond acceptors (Lipinski definition) is 6. The Hall–Kier alpha value is -2.12. The summed E-state index contributed by atoms with van der Waals surface area (Å²) in [7, 11) is 0. The number of benzene rings is 1. The number of ether oxygens (including phenoxy) is 2. The molecule has 1 aromatic heterocycles. The van der Waals surface area contributed by atoms with Crippen molar-refractivity contribution in [1.29, 1.82) is 0 Å². The van der Waals surface area contributed by atoms with Crippen LogP contribution in [0.3, 0.4) is 0 Å². The monoisotopic (exact) mass is 359 g/mol. The molecule has 0 aliphatic carbocycles. The summed E-state index contributed by atoms with van der Waals surface area (Å²) in [4.78, 5) is 19.8. The zero-order valence-electron chi connectivity index (χ0n) is 14.1. The average molecular weight is 359 g/mol. The lowest BCUT2D eigenvalue weighted by atomic mass is 9.92. The third-order valence-corrected chi connectivity index (χ3v) is 5.86. The molecule has 132 valence electrons. The third kappa shape index (κ3) is 3.21. The Morgan fingerprint density at radius 2 is 2.24 bits per heavy atom. The number of piperidine rings is 1. The Balaban J connectivity index is 1.52. The van der Waals surface area contributed by atoms with Gasteiger partial charge in [0.25, 0.3) is 5.91 Å². The first-order valence-corrected chi connectivity index (χ1v) is 9.34. The minimum Gasteiger partial charge on any atom is -0.454 e. The van der Waals surface area contributed by atoms with Crippen molar-refractivity contribution in [3.63, 3.8) is 0 Å². The Bertz CT molecular complexity index is 790. The van der Waals surface area contributed by atoms with Crippen LogP contribution in [0.25, 0.3) is 10.6 Å². The van der Waals surface area contributed by atoms with Gasteiger partial charge in [-0.15, -0.1) is 11.3 Å². The number of likely N-dealkylation sites (tertiary alicyclic amines) is 1. The van der Waals surface area contributed by atoms with Crippen LogP contribution >= 0.6 is 11.3 Å². The van der Waals surface area contributed by atoms with Gasteiger partial charge in [0, 0.05) is 24.7 Å². The molecule has 25 heavy (non-hydrogen) atoms. The fourth-order valence-corrected chi connectivity index (χ4v) is 4.20. The van der Waals surface area contributed by atoms with Crippen LogP contribution in [0.4, 0.5) is 0 Å². The highest BCUT2D eigenvalue weighted by Crippen LogP contribution is 2.37. The molecule has 7 heteroatoms. The van der Waals surface area contributed by atoms with Crippen LogP contribution in [-0.4, -0.2) is 41.7 Å². The van der Waals surface area contributed by atoms with Crippen LogP contribution in [0.15, 0.2) is 24.4 Å². The van der Waals surface area contributed by atoms with E-state index in [1.807, 2.05) is 30.0 Å². The first-order valence-electron chi connectivity index (χ1n) is 8.52. The second-order valence-corrected chi connectivity index (χ2v) is 7.64. The van der Waals surface area contributed by atoms with E-state index in [9.17, 15) is 4.79 Å². The maximum absolute atomic E-state index is 12.8. The summed E-state index contributed by atoms with van der Waals surface area (Å²) < 4.78 is 10.7. The van der Waals surface area contributed by atoms with E-state index in [4.69, 9.17) is 15.2 Å². The van der Waals surface area contributed by atoms with Gasteiger partial charge in [-0.3, -0.25) is 4.79 Å². The minimum atomic E-state index is 0.0508. The standard InChI is InChI=1S/C18H21N3O3S/c1-11(19)13-3-2-6-21(9-13)18(22)16-8-20-17(25-16)12-4-5-14-15(7-12)24-10-23-14/h4-5,7-8,11,13H,2-3,6,9-10,19H2,1H3. The lowest BCUT2D eigenvalue weighted by Gasteiger charge is -2.34. The van der Waals surface area contributed by atoms with E-state index in [2.05, 4.69) is 4.98 Å². The number of amides is 1. The van der Waals surface area contributed by atoms with E-state index < -0.39 is 0 Å². The lowest BCUT2D eigenvalue weighted by Crippen LogP contribution is -2.44. The van der Waals surface area contributed by atoms with Gasteiger partial charge in [-0.1, -0.05) is 0 Å². The number of fused-ring (bicyclic) bond motifs is 1. The minimum absolute atomic E-state index is 0.0508. The van der Waals surface area contributed by atoms with Crippen molar-refractivity contribution in [2.24, 2.45) is 11.7 Å². The Morgan fingerprint density at radius 3 is 3.08 bits per heavy atom. The summed E-state index contributed by atoms with van der Waals surface area (Å²) in [6.07, 6.45) is 3.76. The smallest absolute Gasteiger partial charge is 0.265 e. The van der Waals surface area contributed by atoms with Crippen LogP contribution in [0, 0.1) is 5.92 Å². The highest BCUT2D eigenvalue weighted by molar-refractivity contribution is 7.16. The summed E-state index contributed by atoms with van der Waals surface area (Å²) in [5, 5.41) is 0.808. The predicted octanol–water partition coefficient (Wildman–Crippen LogP) is 2.74. The number of thiazole rings is 1. The van der Waals surface area contributed by atoms with E-state index >= 15 is 0 Å². The molecule has 1 fully saturated rings. The maximum atomic E-state index is 12.8. The first-order chi connectivity index (χ1) is 12.1. The van der Waals surface area contributed by atoms with Crippen molar-refractivity contribution in [3.05, 3.63) is 29.3 Å². The molecular weight excluding hydrogens is 338 g/mol. The zero-order chi connectivity index (χ0) is 17.4. The molecule has 2 aromatic rings. The molecule has 4 rings (SSSR count). The lowest BCUT2D eigenvalue weighted by molar-refractivity contribution is 0.0665. The van der Waals surface area contributed by atoms with Crippen molar-refractivity contribution in [2.45, 2.75) is 25.8 Å². The summed E-state index contributed by atoms with van der Waals surface area (Å²) in [6, 6.07) is 5.83. The van der Waals surface area contributed by atoms with E-state index in [0.29, 0.717) is 10.8 Å². The van der Waals surface area contributed by atoms with Gasteiger partial charge in [0.05, 0.1) is 6.20 Å². The van der Waals surface area contributed by atoms with Gasteiger partial charge in [0.2, 0.25) is 6.79 Å². The fraction of sp³-hybridized carbons (Fsp3) is 0.444. The summed E-state index contributed by atoms with van der Waals surface area (Å²) in [5.74, 6) is 1.89. The summed E-state index contributed by atoms with van der Waals surface area (Å²) >= 11 is 1.41. The Kier molecular flexibility index (Phi) is 4.35. The maximum Gasteiger partial charge on any atom is 0.265 e. The molecule has 2 unspecified atom stereocenters. The van der Waals surface area contributed by atoms with Gasteiger partial charge in [0.15, 0.2) is 11.5 Å². The Labute approximate surface area is 150 Å². The van der Waals surface area contributed by atoms with Crippen LogP contribution in [-0.2, 0) is 0 Å². The van der Waals surface area contributed by atoms with Crippen LogP contribution in [0.5, 0.6) is 11.5 Å². The quantitative estimate of drug-likeness (QED) is 0.912. The molecule has 2 aliphatic heterocycles. The molecule has 1 amide bonds. The molecule has 6 nitrogen and oxygen atoms in total. The molecule has 3 heterocycles. The van der Waals surface area contributed by atoms with Gasteiger partial charge >= 0.3 is 0 Å². The molecule has 0 radical (unpaired) electrons. The number of carbonyl (C=O) groups excluding carboxylic acids is 1. The molecule has 2 aliphatic rings. The van der Waals surface area contributed by atoms with E-state index in [1.165, 1.54) is 11.3 Å². The zero-order valence-corrected chi connectivity index (χ0v) is 14.9. The van der Waals surface area contributed by atoms with E-state index in [0.717, 1.165) is 48.0 Å². The molecule has 1 aromatic carbocycles. The number of rotatable bonds is 3. The van der Waals surface area contributed by atoms with Gasteiger partial charge in [-0.25, -0.2) is 4.98 Å².